The number of aliphatic carboxylic acids is 1. The van der Waals surface area contributed by atoms with Crippen molar-refractivity contribution in [1.82, 2.24) is 5.32 Å². The van der Waals surface area contributed by atoms with Crippen LogP contribution in [0.25, 0.3) is 0 Å². The summed E-state index contributed by atoms with van der Waals surface area (Å²) in [6.45, 7) is 4.10. The molecule has 0 aliphatic heterocycles. The number of carbonyl (C=O) groups excluding carboxylic acids is 2. The van der Waals surface area contributed by atoms with Gasteiger partial charge in [-0.15, -0.1) is 0 Å². The average Bonchev–Trinajstić information content (AvgIpc) is 3.10. The molecule has 0 aromatic rings. The topological polar surface area (TPSA) is 92.7 Å². The van der Waals surface area contributed by atoms with Crippen LogP contribution in [0.3, 0.4) is 0 Å². The quantitative estimate of drug-likeness (QED) is 0.0386. The largest absolute Gasteiger partial charge is 0.480 e. The number of unbranched alkanes of at least 4 members (excludes halogenated alkanes) is 15. The first-order valence-corrected chi connectivity index (χ1v) is 20.4. The Morgan fingerprint density at radius 1 is 0.540 bits per heavy atom. The molecule has 1 unspecified atom stereocenters. The number of carboxylic acids is 1. The van der Waals surface area contributed by atoms with Crippen molar-refractivity contribution in [3.05, 3.63) is 60.8 Å². The predicted octanol–water partition coefficient (Wildman–Crippen LogP) is 12.5. The van der Waals surface area contributed by atoms with E-state index in [0.717, 1.165) is 96.3 Å². The second-order valence-electron chi connectivity index (χ2n) is 13.5. The van der Waals surface area contributed by atoms with E-state index in [9.17, 15) is 14.4 Å². The van der Waals surface area contributed by atoms with E-state index < -0.39 is 5.97 Å². The molecule has 0 aromatic carbocycles. The Morgan fingerprint density at radius 3 is 1.46 bits per heavy atom. The molecule has 0 aromatic heterocycles. The van der Waals surface area contributed by atoms with Gasteiger partial charge in [0.1, 0.15) is 12.6 Å². The van der Waals surface area contributed by atoms with Gasteiger partial charge >= 0.3 is 11.9 Å². The Morgan fingerprint density at radius 2 is 0.980 bits per heavy atom. The molecule has 0 saturated heterocycles. The van der Waals surface area contributed by atoms with E-state index in [1.165, 1.54) is 64.2 Å². The van der Waals surface area contributed by atoms with E-state index >= 15 is 0 Å². The van der Waals surface area contributed by atoms with Crippen LogP contribution < -0.4 is 5.32 Å². The van der Waals surface area contributed by atoms with Crippen molar-refractivity contribution in [3.63, 3.8) is 0 Å². The van der Waals surface area contributed by atoms with Gasteiger partial charge in [-0.3, -0.25) is 14.4 Å². The van der Waals surface area contributed by atoms with E-state index in [2.05, 4.69) is 79.9 Å². The van der Waals surface area contributed by atoms with Gasteiger partial charge in [0.25, 0.3) is 0 Å². The van der Waals surface area contributed by atoms with Gasteiger partial charge in [-0.1, -0.05) is 158 Å². The predicted molar refractivity (Wildman–Crippen MR) is 212 cm³/mol. The maximum absolute atomic E-state index is 12.7. The number of hydrogen-bond donors (Lipinski definition) is 2. The molecule has 0 radical (unpaired) electrons. The minimum absolute atomic E-state index is 0.00318. The van der Waals surface area contributed by atoms with E-state index in [-0.39, 0.29) is 24.5 Å². The van der Waals surface area contributed by atoms with Crippen molar-refractivity contribution in [2.24, 2.45) is 0 Å². The van der Waals surface area contributed by atoms with Crippen LogP contribution in [-0.4, -0.2) is 35.6 Å². The zero-order valence-corrected chi connectivity index (χ0v) is 32.2. The monoisotopic (exact) mass is 698 g/mol. The van der Waals surface area contributed by atoms with Gasteiger partial charge in [0.05, 0.1) is 0 Å². The number of carbonyl (C=O) groups is 3. The molecule has 1 atom stereocenters. The fraction of sp³-hybridized carbons (Fsp3) is 0.705. The summed E-state index contributed by atoms with van der Waals surface area (Å²) in [7, 11) is 0. The summed E-state index contributed by atoms with van der Waals surface area (Å²) in [5.74, 6) is -1.29. The van der Waals surface area contributed by atoms with Crippen LogP contribution in [0.4, 0.5) is 0 Å². The number of ether oxygens (including phenoxy) is 1. The molecule has 2 N–H and O–H groups in total. The number of esters is 1. The van der Waals surface area contributed by atoms with Gasteiger partial charge in [-0.2, -0.15) is 0 Å². The molecule has 0 spiro atoms. The summed E-state index contributed by atoms with van der Waals surface area (Å²) in [4.78, 5) is 34.9. The van der Waals surface area contributed by atoms with E-state index in [4.69, 9.17) is 9.84 Å². The Kier molecular flexibility index (Phi) is 36.7. The Balaban J connectivity index is 4.28. The second kappa shape index (κ2) is 38.9. The third kappa shape index (κ3) is 37.9. The lowest BCUT2D eigenvalue weighted by molar-refractivity contribution is -0.150. The average molecular weight is 698 g/mol. The molecule has 0 fully saturated rings. The molecule has 286 valence electrons. The molecule has 0 aliphatic rings. The fourth-order valence-corrected chi connectivity index (χ4v) is 5.73. The first-order chi connectivity index (χ1) is 24.5. The molecule has 0 aliphatic carbocycles. The standard InChI is InChI=1S/C44H75NO5/c1-3-5-7-9-11-13-15-16-17-18-19-20-22-24-26-31-35-39-44(49)50-41(36-32-28-25-23-21-14-12-10-8-6-4-2)37-33-29-27-30-34-38-42(46)45-40-43(47)48/h5,7,11,13,16-17,19-20,24,26,41H,3-4,6,8-10,12,14-15,18,21-23,25,27-40H2,1-2H3,(H,45,46)(H,47,48)/b7-5-,13-11-,17-16-,20-19-,26-24-. The highest BCUT2D eigenvalue weighted by Crippen LogP contribution is 2.18. The molecule has 50 heavy (non-hydrogen) atoms. The molecule has 6 nitrogen and oxygen atoms in total. The van der Waals surface area contributed by atoms with Gasteiger partial charge in [-0.05, 0) is 77.0 Å². The van der Waals surface area contributed by atoms with Crippen LogP contribution in [0.15, 0.2) is 60.8 Å². The number of amides is 1. The number of nitrogens with one attached hydrogen (secondary N) is 1. The smallest absolute Gasteiger partial charge is 0.322 e. The van der Waals surface area contributed by atoms with E-state index in [1.807, 2.05) is 0 Å². The maximum atomic E-state index is 12.7. The van der Waals surface area contributed by atoms with Crippen LogP contribution in [0.2, 0.25) is 0 Å². The first kappa shape index (κ1) is 47.1. The Bertz CT molecular complexity index is 948. The van der Waals surface area contributed by atoms with Crippen LogP contribution in [0.1, 0.15) is 187 Å². The summed E-state index contributed by atoms with van der Waals surface area (Å²) in [5, 5.41) is 11.1. The van der Waals surface area contributed by atoms with Crippen LogP contribution in [0, 0.1) is 0 Å². The number of hydrogen-bond acceptors (Lipinski definition) is 4. The Hall–Kier alpha value is -2.89. The molecular weight excluding hydrogens is 622 g/mol. The van der Waals surface area contributed by atoms with Gasteiger partial charge in [-0.25, -0.2) is 0 Å². The molecule has 6 heteroatoms. The second-order valence-corrected chi connectivity index (χ2v) is 13.5. The highest BCUT2D eigenvalue weighted by molar-refractivity contribution is 5.80. The van der Waals surface area contributed by atoms with Crippen LogP contribution in [-0.2, 0) is 19.1 Å². The SMILES string of the molecule is CC/C=C\C/C=C\C/C=C\C/C=C\C/C=C\CCCC(=O)OC(CCCCCCCCCCCCC)CCCCCCCC(=O)NCC(=O)O. The maximum Gasteiger partial charge on any atom is 0.322 e. The normalized spacial score (nSPS) is 12.7. The summed E-state index contributed by atoms with van der Waals surface area (Å²) < 4.78 is 5.99. The summed E-state index contributed by atoms with van der Waals surface area (Å²) in [6.07, 6.45) is 50.5. The van der Waals surface area contributed by atoms with Gasteiger partial charge in [0.15, 0.2) is 0 Å². The van der Waals surface area contributed by atoms with Crippen molar-refractivity contribution < 1.29 is 24.2 Å². The highest BCUT2D eigenvalue weighted by Gasteiger charge is 2.14. The first-order valence-electron chi connectivity index (χ1n) is 20.4. The lowest BCUT2D eigenvalue weighted by Crippen LogP contribution is -2.28. The third-order valence-corrected chi connectivity index (χ3v) is 8.70. The number of carboxylic acid groups (broad SMARTS) is 1. The van der Waals surface area contributed by atoms with Gasteiger partial charge in [0.2, 0.25) is 5.91 Å². The van der Waals surface area contributed by atoms with Crippen molar-refractivity contribution in [2.45, 2.75) is 193 Å². The van der Waals surface area contributed by atoms with E-state index in [1.54, 1.807) is 0 Å². The lowest BCUT2D eigenvalue weighted by atomic mass is 10.0. The fourth-order valence-electron chi connectivity index (χ4n) is 5.73. The molecule has 0 bridgehead atoms. The zero-order valence-electron chi connectivity index (χ0n) is 32.2. The summed E-state index contributed by atoms with van der Waals surface area (Å²) in [6, 6.07) is 0. The molecular formula is C44H75NO5. The lowest BCUT2D eigenvalue weighted by Gasteiger charge is -2.18. The highest BCUT2D eigenvalue weighted by atomic mass is 16.5. The number of allylic oxidation sites excluding steroid dienone is 10. The van der Waals surface area contributed by atoms with Crippen LogP contribution >= 0.6 is 0 Å². The third-order valence-electron chi connectivity index (χ3n) is 8.70. The zero-order chi connectivity index (χ0) is 36.6. The molecule has 1 amide bonds. The van der Waals surface area contributed by atoms with Crippen molar-refractivity contribution >= 4 is 17.8 Å². The van der Waals surface area contributed by atoms with Gasteiger partial charge < -0.3 is 15.2 Å². The van der Waals surface area contributed by atoms with Gasteiger partial charge in [0, 0.05) is 12.8 Å². The minimum Gasteiger partial charge on any atom is -0.480 e. The van der Waals surface area contributed by atoms with Crippen LogP contribution in [0.5, 0.6) is 0 Å². The van der Waals surface area contributed by atoms with Crippen molar-refractivity contribution in [3.8, 4) is 0 Å². The van der Waals surface area contributed by atoms with Crippen molar-refractivity contribution in [1.29, 1.82) is 0 Å². The molecule has 0 heterocycles. The minimum atomic E-state index is -1.02. The van der Waals surface area contributed by atoms with Crippen molar-refractivity contribution in [2.75, 3.05) is 6.54 Å². The molecule has 0 saturated carbocycles. The summed E-state index contributed by atoms with van der Waals surface area (Å²) in [5.41, 5.74) is 0. The van der Waals surface area contributed by atoms with E-state index in [0.29, 0.717) is 12.8 Å². The number of rotatable bonds is 36. The molecule has 0 rings (SSSR count). The Labute approximate surface area is 307 Å². The summed E-state index contributed by atoms with van der Waals surface area (Å²) >= 11 is 0.